The Balaban J connectivity index is 4.02. The molecule has 9 heteroatoms. The number of nitrogens with zero attached hydrogens (tertiary/aromatic N) is 1. The molecule has 0 saturated carbocycles. The predicted octanol–water partition coefficient (Wildman–Crippen LogP) is 17.7. The highest BCUT2D eigenvalue weighted by Crippen LogP contribution is 2.43. The molecule has 0 saturated heterocycles. The molecule has 0 aliphatic heterocycles. The first-order chi connectivity index (χ1) is 31.6. The number of allylic oxidation sites excluding steroid dienone is 2. The number of phosphoric ester groups is 1. The van der Waals surface area contributed by atoms with Crippen LogP contribution in [0.5, 0.6) is 0 Å². The fraction of sp³-hybridized carbons (Fsp3) is 0.946. The summed E-state index contributed by atoms with van der Waals surface area (Å²) in [7, 11) is 1.69. The van der Waals surface area contributed by atoms with Crippen molar-refractivity contribution >= 4 is 13.8 Å². The Morgan fingerprint density at radius 3 is 1.17 bits per heavy atom. The van der Waals surface area contributed by atoms with Gasteiger partial charge in [0.1, 0.15) is 19.3 Å². The van der Waals surface area contributed by atoms with E-state index < -0.39 is 13.9 Å². The molecule has 0 bridgehead atoms. The lowest BCUT2D eigenvalue weighted by Crippen LogP contribution is -2.37. The van der Waals surface area contributed by atoms with Crippen LogP contribution in [-0.4, -0.2) is 75.6 Å². The van der Waals surface area contributed by atoms with Crippen molar-refractivity contribution in [3.05, 3.63) is 12.2 Å². The summed E-state index contributed by atoms with van der Waals surface area (Å²) < 4.78 is 35.3. The minimum atomic E-state index is -4.28. The molecule has 2 atom stereocenters. The normalized spacial score (nSPS) is 13.5. The highest BCUT2D eigenvalue weighted by Gasteiger charge is 2.26. The van der Waals surface area contributed by atoms with Gasteiger partial charge in [-0.2, -0.15) is 0 Å². The van der Waals surface area contributed by atoms with Crippen LogP contribution < -0.4 is 0 Å². The van der Waals surface area contributed by atoms with Gasteiger partial charge >= 0.3 is 13.8 Å². The molecule has 0 heterocycles. The number of carbonyl (C=O) groups excluding carboxylic acids is 1. The van der Waals surface area contributed by atoms with Gasteiger partial charge in [-0.05, 0) is 38.5 Å². The van der Waals surface area contributed by atoms with Crippen LogP contribution in [0.3, 0.4) is 0 Å². The molecule has 0 amide bonds. The van der Waals surface area contributed by atoms with Crippen molar-refractivity contribution in [2.24, 2.45) is 0 Å². The van der Waals surface area contributed by atoms with E-state index in [0.717, 1.165) is 32.1 Å². The number of carbonyl (C=O) groups is 1. The van der Waals surface area contributed by atoms with Crippen LogP contribution in [0.1, 0.15) is 284 Å². The number of hydrogen-bond acceptors (Lipinski definition) is 6. The molecule has 1 N–H and O–H groups in total. The van der Waals surface area contributed by atoms with E-state index in [1.54, 1.807) is 0 Å². The number of esters is 1. The zero-order valence-electron chi connectivity index (χ0n) is 44.3. The molecule has 0 aromatic carbocycles. The fourth-order valence-corrected chi connectivity index (χ4v) is 9.18. The van der Waals surface area contributed by atoms with Crippen molar-refractivity contribution in [3.8, 4) is 0 Å². The third kappa shape index (κ3) is 54.1. The number of unbranched alkanes of at least 4 members (excludes halogenated alkanes) is 38. The second kappa shape index (κ2) is 49.7. The minimum absolute atomic E-state index is 0.0928. The second-order valence-corrected chi connectivity index (χ2v) is 22.1. The summed E-state index contributed by atoms with van der Waals surface area (Å²) in [5, 5.41) is 0. The van der Waals surface area contributed by atoms with Crippen LogP contribution in [0, 0.1) is 0 Å². The van der Waals surface area contributed by atoms with Crippen molar-refractivity contribution in [1.29, 1.82) is 0 Å². The molecule has 0 aliphatic rings. The number of likely N-dealkylation sites (N-methyl/N-ethyl adjacent to an activating group) is 1. The van der Waals surface area contributed by atoms with Crippen molar-refractivity contribution in [2.75, 3.05) is 54.1 Å². The molecule has 8 nitrogen and oxygen atoms in total. The monoisotopic (exact) mass is 943 g/mol. The Labute approximate surface area is 405 Å². The average Bonchev–Trinajstić information content (AvgIpc) is 3.27. The van der Waals surface area contributed by atoms with Crippen LogP contribution in [0.2, 0.25) is 0 Å². The fourth-order valence-electron chi connectivity index (χ4n) is 8.43. The van der Waals surface area contributed by atoms with Crippen LogP contribution in [-0.2, 0) is 27.9 Å². The maximum atomic E-state index is 12.8. The third-order valence-electron chi connectivity index (χ3n) is 12.8. The maximum absolute atomic E-state index is 12.8. The topological polar surface area (TPSA) is 91.3 Å². The summed E-state index contributed by atoms with van der Waals surface area (Å²) >= 11 is 0. The van der Waals surface area contributed by atoms with Gasteiger partial charge in [-0.25, -0.2) is 4.57 Å². The summed E-state index contributed by atoms with van der Waals surface area (Å²) in [6, 6.07) is 0. The lowest BCUT2D eigenvalue weighted by Gasteiger charge is -2.24. The van der Waals surface area contributed by atoms with E-state index in [4.69, 9.17) is 18.5 Å². The molecule has 65 heavy (non-hydrogen) atoms. The van der Waals surface area contributed by atoms with Gasteiger partial charge in [-0.3, -0.25) is 13.8 Å². The SMILES string of the molecule is CCCCCCCCCC/C=C\CCCCCCCCCCCCCCCC(=O)OC(COCCCCCCCCCCCCCCCCCCCC)COP(=O)(O)OCC[N+](C)(C)C. The number of rotatable bonds is 54. The van der Waals surface area contributed by atoms with Crippen molar-refractivity contribution in [1.82, 2.24) is 0 Å². The molecule has 0 spiro atoms. The lowest BCUT2D eigenvalue weighted by molar-refractivity contribution is -0.870. The Hall–Kier alpha value is -0.760. The molecule has 0 fully saturated rings. The van der Waals surface area contributed by atoms with E-state index >= 15 is 0 Å². The van der Waals surface area contributed by atoms with Gasteiger partial charge in [0.2, 0.25) is 0 Å². The van der Waals surface area contributed by atoms with Crippen molar-refractivity contribution in [3.63, 3.8) is 0 Å². The van der Waals surface area contributed by atoms with Gasteiger partial charge in [0, 0.05) is 13.0 Å². The molecule has 388 valence electrons. The minimum Gasteiger partial charge on any atom is -0.457 e. The molecule has 0 aromatic rings. The average molecular weight is 943 g/mol. The molecule has 0 aromatic heterocycles. The van der Waals surface area contributed by atoms with Gasteiger partial charge in [0.15, 0.2) is 0 Å². The number of ether oxygens (including phenoxy) is 2. The Kier molecular flexibility index (Phi) is 49.1. The first-order valence-electron chi connectivity index (χ1n) is 28.4. The highest BCUT2D eigenvalue weighted by atomic mass is 31.2. The molecule has 2 unspecified atom stereocenters. The van der Waals surface area contributed by atoms with E-state index in [-0.39, 0.29) is 25.8 Å². The van der Waals surface area contributed by atoms with E-state index in [0.29, 0.717) is 24.1 Å². The van der Waals surface area contributed by atoms with Crippen LogP contribution in [0.15, 0.2) is 12.2 Å². The van der Waals surface area contributed by atoms with Crippen LogP contribution in [0.25, 0.3) is 0 Å². The first kappa shape index (κ1) is 64.2. The summed E-state index contributed by atoms with van der Waals surface area (Å²) in [4.78, 5) is 23.1. The number of quaternary nitrogens is 1. The quantitative estimate of drug-likeness (QED) is 0.0213. The Bertz CT molecular complexity index is 1050. The van der Waals surface area contributed by atoms with Crippen LogP contribution >= 0.6 is 7.82 Å². The summed E-state index contributed by atoms with van der Waals surface area (Å²) in [5.41, 5.74) is 0. The van der Waals surface area contributed by atoms with E-state index in [1.807, 2.05) is 21.1 Å². The number of hydrogen-bond donors (Lipinski definition) is 1. The van der Waals surface area contributed by atoms with Crippen LogP contribution in [0.4, 0.5) is 0 Å². The summed E-state index contributed by atoms with van der Waals surface area (Å²) in [5.74, 6) is -0.306. The summed E-state index contributed by atoms with van der Waals surface area (Å²) in [6.07, 6.45) is 58.4. The smallest absolute Gasteiger partial charge is 0.457 e. The third-order valence-corrected chi connectivity index (χ3v) is 13.8. The van der Waals surface area contributed by atoms with Crippen molar-refractivity contribution in [2.45, 2.75) is 290 Å². The zero-order valence-corrected chi connectivity index (χ0v) is 45.2. The lowest BCUT2D eigenvalue weighted by atomic mass is 10.0. The summed E-state index contributed by atoms with van der Waals surface area (Å²) in [6.45, 7) is 5.70. The molecule has 0 rings (SSSR count). The molecule has 0 radical (unpaired) electrons. The van der Waals surface area contributed by atoms with Gasteiger partial charge < -0.3 is 18.9 Å². The van der Waals surface area contributed by atoms with Gasteiger partial charge in [0.05, 0.1) is 34.4 Å². The largest absolute Gasteiger partial charge is 0.472 e. The van der Waals surface area contributed by atoms with Crippen molar-refractivity contribution < 1.29 is 37.3 Å². The van der Waals surface area contributed by atoms with Gasteiger partial charge in [-0.1, -0.05) is 251 Å². The second-order valence-electron chi connectivity index (χ2n) is 20.7. The standard InChI is InChI=1S/C56H112NO7P/c1-6-8-10-12-14-16-18-20-22-24-26-27-28-29-30-31-32-33-35-37-39-41-43-45-47-49-56(58)64-55(54-63-65(59,60)62-52-50-57(3,4)5)53-61-51-48-46-44-42-40-38-36-34-25-23-21-19-17-15-13-11-9-7-2/h24,26,55H,6-23,25,27-54H2,1-5H3/p+1/b26-24-. The maximum Gasteiger partial charge on any atom is 0.472 e. The zero-order chi connectivity index (χ0) is 47.6. The molecular formula is C56H113NO7P+. The highest BCUT2D eigenvalue weighted by molar-refractivity contribution is 7.47. The van der Waals surface area contributed by atoms with E-state index in [2.05, 4.69) is 26.0 Å². The van der Waals surface area contributed by atoms with E-state index in [9.17, 15) is 14.3 Å². The van der Waals surface area contributed by atoms with Gasteiger partial charge in [0.25, 0.3) is 0 Å². The first-order valence-corrected chi connectivity index (χ1v) is 29.9. The number of phosphoric acid groups is 1. The van der Waals surface area contributed by atoms with E-state index in [1.165, 1.54) is 231 Å². The predicted molar refractivity (Wildman–Crippen MR) is 280 cm³/mol. The Morgan fingerprint density at radius 1 is 0.462 bits per heavy atom. The molecule has 0 aliphatic carbocycles. The Morgan fingerprint density at radius 2 is 0.800 bits per heavy atom. The molecular weight excluding hydrogens is 830 g/mol. The van der Waals surface area contributed by atoms with Gasteiger partial charge in [-0.15, -0.1) is 0 Å².